The van der Waals surface area contributed by atoms with Crippen molar-refractivity contribution in [3.05, 3.63) is 53.0 Å². The third kappa shape index (κ3) is 4.71. The lowest BCUT2D eigenvalue weighted by Crippen LogP contribution is -2.21. The minimum Gasteiger partial charge on any atom is -0.482 e. The zero-order valence-corrected chi connectivity index (χ0v) is 14.5. The van der Waals surface area contributed by atoms with Crippen LogP contribution in [0.5, 0.6) is 5.75 Å². The van der Waals surface area contributed by atoms with Crippen LogP contribution >= 0.6 is 11.3 Å². The first kappa shape index (κ1) is 19.9. The first-order chi connectivity index (χ1) is 13.0. The van der Waals surface area contributed by atoms with E-state index in [1.165, 1.54) is 23.5 Å². The molecule has 11 heteroatoms. The van der Waals surface area contributed by atoms with Crippen LogP contribution in [-0.2, 0) is 6.18 Å². The molecule has 0 bridgehead atoms. The number of aromatic nitrogens is 1. The lowest BCUT2D eigenvalue weighted by atomic mass is 10.1. The Bertz CT molecular complexity index is 1010. The van der Waals surface area contributed by atoms with Crippen molar-refractivity contribution in [2.45, 2.75) is 12.4 Å². The van der Waals surface area contributed by atoms with E-state index in [4.69, 9.17) is 0 Å². The van der Waals surface area contributed by atoms with Crippen LogP contribution in [0.25, 0.3) is 10.2 Å². The Labute approximate surface area is 157 Å². The van der Waals surface area contributed by atoms with Crippen molar-refractivity contribution in [1.82, 2.24) is 4.98 Å². The highest BCUT2D eigenvalue weighted by Gasteiger charge is 2.33. The average Bonchev–Trinajstić information content (AvgIpc) is 3.06. The number of hydrogen-bond donors (Lipinski definition) is 1. The Balaban J connectivity index is 1.91. The molecule has 0 aliphatic heterocycles. The second-order valence-corrected chi connectivity index (χ2v) is 6.49. The van der Waals surface area contributed by atoms with Gasteiger partial charge in [0, 0.05) is 5.56 Å². The van der Waals surface area contributed by atoms with Gasteiger partial charge in [0.1, 0.15) is 5.75 Å². The van der Waals surface area contributed by atoms with E-state index in [9.17, 15) is 31.1 Å². The fraction of sp³-hybridized carbons (Fsp3) is 0.176. The van der Waals surface area contributed by atoms with Crippen LogP contribution in [0, 0.1) is 0 Å². The Morgan fingerprint density at radius 2 is 1.82 bits per heavy atom. The standard InChI is InChI=1S/C17H10F6N2O2S/c18-16(19,20)7-27-13-4-2-10(17(21,22)23)6-12(13)25-15(26)9-1-3-11-14(5-9)28-8-24-11/h1-6,8H,7H2,(H,25,26). The highest BCUT2D eigenvalue weighted by Crippen LogP contribution is 2.36. The van der Waals surface area contributed by atoms with Crippen molar-refractivity contribution in [3.63, 3.8) is 0 Å². The maximum Gasteiger partial charge on any atom is 0.422 e. The van der Waals surface area contributed by atoms with Crippen LogP contribution in [0.1, 0.15) is 15.9 Å². The second-order valence-electron chi connectivity index (χ2n) is 5.60. The molecule has 28 heavy (non-hydrogen) atoms. The molecule has 0 saturated heterocycles. The molecule has 0 aliphatic carbocycles. The second kappa shape index (κ2) is 7.30. The number of anilines is 1. The van der Waals surface area contributed by atoms with E-state index in [-0.39, 0.29) is 5.56 Å². The molecule has 0 unspecified atom stereocenters. The molecule has 1 N–H and O–H groups in total. The van der Waals surface area contributed by atoms with Gasteiger partial charge in [-0.1, -0.05) is 0 Å². The number of benzene rings is 2. The van der Waals surface area contributed by atoms with Crippen LogP contribution in [0.3, 0.4) is 0 Å². The number of fused-ring (bicyclic) bond motifs is 1. The predicted octanol–water partition coefficient (Wildman–Crippen LogP) is 5.51. The lowest BCUT2D eigenvalue weighted by molar-refractivity contribution is -0.153. The van der Waals surface area contributed by atoms with Gasteiger partial charge in [-0.25, -0.2) is 4.98 Å². The van der Waals surface area contributed by atoms with E-state index < -0.39 is 41.9 Å². The van der Waals surface area contributed by atoms with Gasteiger partial charge in [-0.15, -0.1) is 11.3 Å². The molecule has 0 saturated carbocycles. The van der Waals surface area contributed by atoms with E-state index in [1.807, 2.05) is 0 Å². The number of nitrogens with one attached hydrogen (secondary N) is 1. The summed E-state index contributed by atoms with van der Waals surface area (Å²) in [6.45, 7) is -1.71. The summed E-state index contributed by atoms with van der Waals surface area (Å²) in [4.78, 5) is 16.4. The van der Waals surface area contributed by atoms with E-state index in [2.05, 4.69) is 15.0 Å². The van der Waals surface area contributed by atoms with Gasteiger partial charge in [0.05, 0.1) is 27.0 Å². The molecule has 0 atom stereocenters. The molecule has 1 aromatic heterocycles. The van der Waals surface area contributed by atoms with Crippen LogP contribution in [0.2, 0.25) is 0 Å². The van der Waals surface area contributed by atoms with Crippen molar-refractivity contribution in [3.8, 4) is 5.75 Å². The normalized spacial score (nSPS) is 12.2. The lowest BCUT2D eigenvalue weighted by Gasteiger charge is -2.16. The predicted molar refractivity (Wildman–Crippen MR) is 90.6 cm³/mol. The van der Waals surface area contributed by atoms with Gasteiger partial charge < -0.3 is 10.1 Å². The number of halogens is 6. The molecule has 1 amide bonds. The molecule has 3 aromatic rings. The largest absolute Gasteiger partial charge is 0.482 e. The van der Waals surface area contributed by atoms with E-state index in [0.717, 1.165) is 6.07 Å². The van der Waals surface area contributed by atoms with Crippen LogP contribution in [-0.4, -0.2) is 23.7 Å². The molecule has 0 spiro atoms. The number of carbonyl (C=O) groups is 1. The van der Waals surface area contributed by atoms with Crippen molar-refractivity contribution in [1.29, 1.82) is 0 Å². The fourth-order valence-electron chi connectivity index (χ4n) is 2.28. The first-order valence-electron chi connectivity index (χ1n) is 7.58. The Hall–Kier alpha value is -2.82. The van der Waals surface area contributed by atoms with Gasteiger partial charge in [-0.2, -0.15) is 26.3 Å². The van der Waals surface area contributed by atoms with Crippen LogP contribution in [0.4, 0.5) is 32.0 Å². The molecule has 1 heterocycles. The van der Waals surface area contributed by atoms with Crippen LogP contribution < -0.4 is 10.1 Å². The summed E-state index contributed by atoms with van der Waals surface area (Å²) in [5.41, 5.74) is 0.640. The quantitative estimate of drug-likeness (QED) is 0.567. The zero-order valence-electron chi connectivity index (χ0n) is 13.7. The van der Waals surface area contributed by atoms with Crippen LogP contribution in [0.15, 0.2) is 41.9 Å². The number of alkyl halides is 6. The minimum atomic E-state index is -4.75. The van der Waals surface area contributed by atoms with Gasteiger partial charge >= 0.3 is 12.4 Å². The minimum absolute atomic E-state index is 0.107. The van der Waals surface area contributed by atoms with Gasteiger partial charge in [-0.3, -0.25) is 4.79 Å². The number of amides is 1. The highest BCUT2D eigenvalue weighted by molar-refractivity contribution is 7.16. The average molecular weight is 420 g/mol. The number of rotatable bonds is 4. The van der Waals surface area contributed by atoms with Crippen molar-refractivity contribution < 1.29 is 35.9 Å². The molecule has 4 nitrogen and oxygen atoms in total. The third-order valence-corrected chi connectivity index (χ3v) is 4.33. The highest BCUT2D eigenvalue weighted by atomic mass is 32.1. The summed E-state index contributed by atoms with van der Waals surface area (Å²) < 4.78 is 81.2. The summed E-state index contributed by atoms with van der Waals surface area (Å²) in [6.07, 6.45) is -9.44. The molecule has 0 aliphatic rings. The van der Waals surface area contributed by atoms with Gasteiger partial charge in [0.2, 0.25) is 0 Å². The molecule has 0 fully saturated rings. The zero-order chi connectivity index (χ0) is 20.5. The van der Waals surface area contributed by atoms with Crippen molar-refractivity contribution in [2.24, 2.45) is 0 Å². The van der Waals surface area contributed by atoms with E-state index in [0.29, 0.717) is 22.3 Å². The van der Waals surface area contributed by atoms with Crippen molar-refractivity contribution >= 4 is 33.1 Å². The number of hydrogen-bond acceptors (Lipinski definition) is 4. The molecular formula is C17H10F6N2O2S. The van der Waals surface area contributed by atoms with Crippen molar-refractivity contribution in [2.75, 3.05) is 11.9 Å². The molecular weight excluding hydrogens is 410 g/mol. The molecule has 148 valence electrons. The molecule has 0 radical (unpaired) electrons. The van der Waals surface area contributed by atoms with E-state index in [1.54, 1.807) is 11.6 Å². The topological polar surface area (TPSA) is 51.2 Å². The summed E-state index contributed by atoms with van der Waals surface area (Å²) in [5.74, 6) is -1.33. The smallest absolute Gasteiger partial charge is 0.422 e. The SMILES string of the molecule is O=C(Nc1cc(C(F)(F)F)ccc1OCC(F)(F)F)c1ccc2ncsc2c1. The summed E-state index contributed by atoms with van der Waals surface area (Å²) >= 11 is 1.26. The first-order valence-corrected chi connectivity index (χ1v) is 8.46. The Morgan fingerprint density at radius 1 is 1.07 bits per heavy atom. The van der Waals surface area contributed by atoms with Gasteiger partial charge in [-0.05, 0) is 36.4 Å². The van der Waals surface area contributed by atoms with Gasteiger partial charge in [0.25, 0.3) is 5.91 Å². The summed E-state index contributed by atoms with van der Waals surface area (Å²) in [5, 5.41) is 2.19. The Morgan fingerprint density at radius 3 is 2.50 bits per heavy atom. The number of thiazole rings is 1. The Kier molecular flexibility index (Phi) is 5.20. The number of nitrogens with zero attached hydrogens (tertiary/aromatic N) is 1. The third-order valence-electron chi connectivity index (χ3n) is 3.54. The molecule has 3 rings (SSSR count). The summed E-state index contributed by atoms with van der Waals surface area (Å²) in [7, 11) is 0. The maximum atomic E-state index is 12.9. The summed E-state index contributed by atoms with van der Waals surface area (Å²) in [6, 6.07) is 6.26. The molecule has 2 aromatic carbocycles. The number of carbonyl (C=O) groups excluding carboxylic acids is 1. The fourth-order valence-corrected chi connectivity index (χ4v) is 3.00. The number of ether oxygens (including phenoxy) is 1. The maximum absolute atomic E-state index is 12.9. The van der Waals surface area contributed by atoms with E-state index >= 15 is 0 Å². The van der Waals surface area contributed by atoms with Gasteiger partial charge in [0.15, 0.2) is 6.61 Å². The monoisotopic (exact) mass is 420 g/mol.